The molecule has 0 unspecified atom stereocenters. The van der Waals surface area contributed by atoms with Crippen LogP contribution in [0, 0.1) is 18.5 Å². The van der Waals surface area contributed by atoms with E-state index >= 15 is 0 Å². The average Bonchev–Trinajstić information content (AvgIpc) is 2.40. The van der Waals surface area contributed by atoms with Crippen molar-refractivity contribution in [3.05, 3.63) is 57.9 Å². The minimum Gasteiger partial charge on any atom is -0.304 e. The van der Waals surface area contributed by atoms with Gasteiger partial charge in [0.15, 0.2) is 4.64 Å². The Kier molecular flexibility index (Phi) is 3.90. The number of rotatable bonds is 2. The second-order valence-corrected chi connectivity index (χ2v) is 5.44. The Morgan fingerprint density at radius 3 is 2.53 bits per heavy atom. The highest BCUT2D eigenvalue weighted by molar-refractivity contribution is 7.63. The first kappa shape index (κ1) is 13.6. The Hall–Kier alpha value is -1.81. The van der Waals surface area contributed by atoms with Crippen LogP contribution in [0.25, 0.3) is 5.69 Å². The van der Waals surface area contributed by atoms with E-state index < -0.39 is 10.3 Å². The van der Waals surface area contributed by atoms with Gasteiger partial charge in [-0.1, -0.05) is 25.1 Å². The highest BCUT2D eigenvalue weighted by atomic mass is 32.2. The van der Waals surface area contributed by atoms with E-state index in [-0.39, 0.29) is 0 Å². The van der Waals surface area contributed by atoms with Crippen LogP contribution in [-0.2, 0) is 16.7 Å². The third-order valence-electron chi connectivity index (χ3n) is 3.19. The summed E-state index contributed by atoms with van der Waals surface area (Å²) in [4.78, 5) is 0. The fourth-order valence-corrected chi connectivity index (χ4v) is 2.91. The van der Waals surface area contributed by atoms with E-state index in [1.807, 2.05) is 51.1 Å². The smallest absolute Gasteiger partial charge is 0.239 e. The van der Waals surface area contributed by atoms with Gasteiger partial charge in [-0.05, 0) is 49.1 Å². The molecule has 1 heterocycles. The summed E-state index contributed by atoms with van der Waals surface area (Å²) in [6, 6.07) is 9.78. The number of aryl methyl sites for hydroxylation is 3. The van der Waals surface area contributed by atoms with Gasteiger partial charge in [0.25, 0.3) is 0 Å². The molecular weight excluding hydrogens is 258 g/mol. The predicted octanol–water partition coefficient (Wildman–Crippen LogP) is 3.07. The maximum atomic E-state index is 11.6. The van der Waals surface area contributed by atoms with Gasteiger partial charge in [0.05, 0.1) is 0 Å². The van der Waals surface area contributed by atoms with Crippen LogP contribution in [0.2, 0.25) is 0 Å². The third-order valence-corrected chi connectivity index (χ3v) is 3.96. The normalized spacial score (nSPS) is 10.5. The maximum absolute atomic E-state index is 11.6. The molecule has 0 aliphatic carbocycles. The largest absolute Gasteiger partial charge is 0.304 e. The average molecular weight is 275 g/mol. The molecule has 2 aromatic rings. The van der Waals surface area contributed by atoms with E-state index in [9.17, 15) is 8.42 Å². The van der Waals surface area contributed by atoms with Gasteiger partial charge in [-0.2, -0.15) is 8.42 Å². The van der Waals surface area contributed by atoms with Crippen LogP contribution in [0.1, 0.15) is 23.6 Å². The summed E-state index contributed by atoms with van der Waals surface area (Å²) in [6.45, 7) is 5.94. The summed E-state index contributed by atoms with van der Waals surface area (Å²) in [7, 11) is -2.25. The molecule has 0 aliphatic rings. The van der Waals surface area contributed by atoms with Crippen LogP contribution in [0.3, 0.4) is 0 Å². The lowest BCUT2D eigenvalue weighted by molar-refractivity contribution is 0.623. The molecule has 0 saturated carbocycles. The number of aromatic nitrogens is 1. The Morgan fingerprint density at radius 2 is 1.89 bits per heavy atom. The fourth-order valence-electron chi connectivity index (χ4n) is 2.16. The molecule has 100 valence electrons. The van der Waals surface area contributed by atoms with Crippen molar-refractivity contribution in [1.82, 2.24) is 4.57 Å². The molecular formula is C15H17NO2S. The molecule has 3 nitrogen and oxygen atoms in total. The standard InChI is InChI=1S/C15H17NO2S/c1-4-13-6-5-9-16(15(13)19(17)18)14-10-11(2)7-8-12(14)3/h5-10H,4H2,1-3H3. The van der Waals surface area contributed by atoms with Crippen molar-refractivity contribution in [2.45, 2.75) is 27.2 Å². The summed E-state index contributed by atoms with van der Waals surface area (Å²) in [5.74, 6) is 0. The van der Waals surface area contributed by atoms with Crippen molar-refractivity contribution in [2.75, 3.05) is 0 Å². The van der Waals surface area contributed by atoms with E-state index in [0.717, 1.165) is 22.4 Å². The van der Waals surface area contributed by atoms with E-state index in [1.54, 1.807) is 10.8 Å². The zero-order valence-corrected chi connectivity index (χ0v) is 12.2. The number of benzene rings is 1. The van der Waals surface area contributed by atoms with E-state index in [2.05, 4.69) is 0 Å². The van der Waals surface area contributed by atoms with Crippen LogP contribution >= 0.6 is 0 Å². The topological polar surface area (TPSA) is 39.1 Å². The molecule has 0 bridgehead atoms. The summed E-state index contributed by atoms with van der Waals surface area (Å²) in [5, 5.41) is 0. The van der Waals surface area contributed by atoms with Gasteiger partial charge in [0.1, 0.15) is 0 Å². The van der Waals surface area contributed by atoms with Crippen molar-refractivity contribution >= 4 is 10.3 Å². The van der Waals surface area contributed by atoms with Crippen LogP contribution in [0.4, 0.5) is 0 Å². The van der Waals surface area contributed by atoms with E-state index in [1.165, 1.54) is 0 Å². The molecule has 0 aliphatic heterocycles. The monoisotopic (exact) mass is 275 g/mol. The summed E-state index contributed by atoms with van der Waals surface area (Å²) in [5.41, 5.74) is 3.90. The Labute approximate surface area is 114 Å². The summed E-state index contributed by atoms with van der Waals surface area (Å²) >= 11 is 0. The molecule has 0 spiro atoms. The lowest BCUT2D eigenvalue weighted by Crippen LogP contribution is -2.03. The van der Waals surface area contributed by atoms with Crippen molar-refractivity contribution in [3.63, 3.8) is 0 Å². The number of hydrogen-bond donors (Lipinski definition) is 0. The lowest BCUT2D eigenvalue weighted by atomic mass is 10.1. The molecule has 0 amide bonds. The first-order chi connectivity index (χ1) is 9.04. The van der Waals surface area contributed by atoms with Gasteiger partial charge >= 0.3 is 0 Å². The number of pyridine rings is 1. The van der Waals surface area contributed by atoms with E-state index in [0.29, 0.717) is 11.1 Å². The van der Waals surface area contributed by atoms with Crippen molar-refractivity contribution in [2.24, 2.45) is 0 Å². The minimum atomic E-state index is -2.25. The van der Waals surface area contributed by atoms with Gasteiger partial charge in [-0.3, -0.25) is 0 Å². The molecule has 0 atom stereocenters. The van der Waals surface area contributed by atoms with Gasteiger partial charge in [0.2, 0.25) is 10.3 Å². The molecule has 2 rings (SSSR count). The molecule has 19 heavy (non-hydrogen) atoms. The molecule has 4 heteroatoms. The first-order valence-electron chi connectivity index (χ1n) is 6.25. The van der Waals surface area contributed by atoms with Crippen LogP contribution in [0.5, 0.6) is 0 Å². The number of nitrogens with zero attached hydrogens (tertiary/aromatic N) is 1. The highest BCUT2D eigenvalue weighted by Crippen LogP contribution is 2.17. The molecule has 1 aromatic heterocycles. The summed E-state index contributed by atoms with van der Waals surface area (Å²) in [6.07, 6.45) is 2.49. The van der Waals surface area contributed by atoms with Gasteiger partial charge in [-0.15, -0.1) is 0 Å². The van der Waals surface area contributed by atoms with Gasteiger partial charge in [-0.25, -0.2) is 0 Å². The van der Waals surface area contributed by atoms with Gasteiger partial charge in [0, 0.05) is 11.9 Å². The molecule has 0 fully saturated rings. The second kappa shape index (κ2) is 5.45. The fraction of sp³-hybridized carbons (Fsp3) is 0.267. The van der Waals surface area contributed by atoms with Gasteiger partial charge < -0.3 is 4.57 Å². The van der Waals surface area contributed by atoms with E-state index in [4.69, 9.17) is 0 Å². The van der Waals surface area contributed by atoms with Crippen LogP contribution < -0.4 is 0 Å². The Bertz CT molecular complexity index is 778. The molecule has 0 N–H and O–H groups in total. The number of hydrogen-bond acceptors (Lipinski definition) is 2. The Balaban J connectivity index is 2.92. The van der Waals surface area contributed by atoms with Crippen molar-refractivity contribution in [3.8, 4) is 5.69 Å². The predicted molar refractivity (Wildman–Crippen MR) is 76.8 cm³/mol. The van der Waals surface area contributed by atoms with Crippen LogP contribution in [0.15, 0.2) is 36.5 Å². The van der Waals surface area contributed by atoms with Crippen molar-refractivity contribution in [1.29, 1.82) is 0 Å². The minimum absolute atomic E-state index is 0.346. The zero-order chi connectivity index (χ0) is 14.0. The summed E-state index contributed by atoms with van der Waals surface area (Å²) < 4.78 is 25.2. The first-order valence-corrected chi connectivity index (χ1v) is 7.32. The SMILES string of the molecule is CCc1cccn(-c2cc(C)ccc2C)c1=S(=O)=O. The molecule has 0 saturated heterocycles. The third kappa shape index (κ3) is 2.63. The Morgan fingerprint density at radius 1 is 1.16 bits per heavy atom. The zero-order valence-electron chi connectivity index (χ0n) is 11.3. The highest BCUT2D eigenvalue weighted by Gasteiger charge is 2.06. The lowest BCUT2D eigenvalue weighted by Gasteiger charge is -2.12. The quantitative estimate of drug-likeness (QED) is 0.790. The van der Waals surface area contributed by atoms with Crippen LogP contribution in [-0.4, -0.2) is 13.0 Å². The maximum Gasteiger partial charge on any atom is 0.239 e. The second-order valence-electron chi connectivity index (χ2n) is 4.59. The van der Waals surface area contributed by atoms with Crippen molar-refractivity contribution < 1.29 is 8.42 Å². The molecule has 0 radical (unpaired) electrons. The molecule has 1 aromatic carbocycles.